The molecule has 1 aliphatic rings. The minimum absolute atomic E-state index is 0.468. The molecule has 1 fully saturated rings. The Kier molecular flexibility index (Phi) is 2.93. The third-order valence-corrected chi connectivity index (χ3v) is 4.52. The van der Waals surface area contributed by atoms with Crippen LogP contribution in [0.1, 0.15) is 43.9 Å². The van der Waals surface area contributed by atoms with Crippen molar-refractivity contribution in [1.29, 1.82) is 0 Å². The van der Waals surface area contributed by atoms with Crippen LogP contribution in [-0.2, 0) is 5.60 Å². The van der Waals surface area contributed by atoms with Gasteiger partial charge in [-0.3, -0.25) is 0 Å². The number of hydrogen-bond acceptors (Lipinski definition) is 2. The molecule has 0 aliphatic heterocycles. The zero-order valence-corrected chi connectivity index (χ0v) is 9.52. The molecular weight excluding hydrogens is 192 g/mol. The normalized spacial score (nSPS) is 23.3. The van der Waals surface area contributed by atoms with E-state index in [1.807, 2.05) is 18.4 Å². The fraction of sp³-hybridized carbons (Fsp3) is 0.667. The van der Waals surface area contributed by atoms with Crippen molar-refractivity contribution in [3.05, 3.63) is 22.4 Å². The van der Waals surface area contributed by atoms with E-state index in [-0.39, 0.29) is 0 Å². The molecule has 1 aliphatic carbocycles. The van der Waals surface area contributed by atoms with Gasteiger partial charge in [-0.2, -0.15) is 0 Å². The molecule has 1 unspecified atom stereocenters. The molecule has 1 aromatic rings. The molecule has 0 aromatic carbocycles. The van der Waals surface area contributed by atoms with Crippen LogP contribution >= 0.6 is 11.3 Å². The molecule has 1 nitrogen and oxygen atoms in total. The summed E-state index contributed by atoms with van der Waals surface area (Å²) >= 11 is 1.67. The highest BCUT2D eigenvalue weighted by atomic mass is 32.1. The van der Waals surface area contributed by atoms with E-state index in [0.29, 0.717) is 5.92 Å². The Labute approximate surface area is 89.8 Å². The van der Waals surface area contributed by atoms with Crippen LogP contribution in [0.4, 0.5) is 0 Å². The summed E-state index contributed by atoms with van der Waals surface area (Å²) in [4.78, 5) is 1.13. The molecule has 0 spiro atoms. The van der Waals surface area contributed by atoms with Gasteiger partial charge in [-0.1, -0.05) is 25.3 Å². The highest BCUT2D eigenvalue weighted by Gasteiger charge is 2.34. The predicted octanol–water partition coefficient (Wildman–Crippen LogP) is 3.54. The maximum atomic E-state index is 10.5. The highest BCUT2D eigenvalue weighted by molar-refractivity contribution is 7.10. The maximum absolute atomic E-state index is 10.5. The maximum Gasteiger partial charge on any atom is 0.0987 e. The molecular formula is C12H18OS. The van der Waals surface area contributed by atoms with Crippen molar-refractivity contribution in [2.24, 2.45) is 5.92 Å². The van der Waals surface area contributed by atoms with E-state index in [1.165, 1.54) is 32.1 Å². The SMILES string of the molecule is CC(O)(c1cccs1)C1CCCCC1. The first-order valence-electron chi connectivity index (χ1n) is 5.47. The molecule has 14 heavy (non-hydrogen) atoms. The molecule has 0 bridgehead atoms. The molecule has 1 N–H and O–H groups in total. The number of thiophene rings is 1. The van der Waals surface area contributed by atoms with Crippen molar-refractivity contribution in [2.45, 2.75) is 44.6 Å². The summed E-state index contributed by atoms with van der Waals surface area (Å²) in [5.74, 6) is 0.468. The molecule has 2 heteroatoms. The molecule has 0 amide bonds. The van der Waals surface area contributed by atoms with E-state index < -0.39 is 5.60 Å². The Morgan fingerprint density at radius 1 is 1.36 bits per heavy atom. The zero-order chi connectivity index (χ0) is 10.0. The van der Waals surface area contributed by atoms with Gasteiger partial charge in [-0.05, 0) is 37.1 Å². The second-order valence-electron chi connectivity index (χ2n) is 4.46. The summed E-state index contributed by atoms with van der Waals surface area (Å²) in [5.41, 5.74) is -0.589. The Hall–Kier alpha value is -0.340. The van der Waals surface area contributed by atoms with Crippen LogP contribution in [0.15, 0.2) is 17.5 Å². The molecule has 1 saturated carbocycles. The van der Waals surface area contributed by atoms with Crippen LogP contribution in [0.25, 0.3) is 0 Å². The largest absolute Gasteiger partial charge is 0.384 e. The molecule has 1 atom stereocenters. The lowest BCUT2D eigenvalue weighted by Crippen LogP contribution is -2.32. The average Bonchev–Trinajstić information content (AvgIpc) is 2.72. The number of hydrogen-bond donors (Lipinski definition) is 1. The summed E-state index contributed by atoms with van der Waals surface area (Å²) in [6.45, 7) is 1.98. The van der Waals surface area contributed by atoms with Gasteiger partial charge in [0.1, 0.15) is 0 Å². The van der Waals surface area contributed by atoms with Crippen LogP contribution in [0.2, 0.25) is 0 Å². The van der Waals surface area contributed by atoms with Gasteiger partial charge in [0.25, 0.3) is 0 Å². The fourth-order valence-electron chi connectivity index (χ4n) is 2.43. The number of rotatable bonds is 2. The summed E-state index contributed by atoms with van der Waals surface area (Å²) in [7, 11) is 0. The molecule has 2 rings (SSSR count). The first kappa shape index (κ1) is 10.2. The van der Waals surface area contributed by atoms with Crippen LogP contribution in [0, 0.1) is 5.92 Å². The third-order valence-electron chi connectivity index (χ3n) is 3.42. The van der Waals surface area contributed by atoms with Crippen molar-refractivity contribution in [3.63, 3.8) is 0 Å². The minimum atomic E-state index is -0.589. The van der Waals surface area contributed by atoms with Gasteiger partial charge >= 0.3 is 0 Å². The molecule has 78 valence electrons. The molecule has 0 radical (unpaired) electrons. The predicted molar refractivity (Wildman–Crippen MR) is 60.5 cm³/mol. The Morgan fingerprint density at radius 2 is 2.07 bits per heavy atom. The van der Waals surface area contributed by atoms with Crippen LogP contribution in [0.3, 0.4) is 0 Å². The monoisotopic (exact) mass is 210 g/mol. The van der Waals surface area contributed by atoms with Crippen molar-refractivity contribution >= 4 is 11.3 Å². The lowest BCUT2D eigenvalue weighted by atomic mass is 9.77. The lowest BCUT2D eigenvalue weighted by molar-refractivity contribution is -0.0182. The van der Waals surface area contributed by atoms with Crippen molar-refractivity contribution in [1.82, 2.24) is 0 Å². The van der Waals surface area contributed by atoms with Crippen molar-refractivity contribution in [2.75, 3.05) is 0 Å². The Balaban J connectivity index is 2.14. The summed E-state index contributed by atoms with van der Waals surface area (Å²) in [5, 5.41) is 12.6. The summed E-state index contributed by atoms with van der Waals surface area (Å²) in [6, 6.07) is 4.08. The van der Waals surface area contributed by atoms with E-state index in [0.717, 1.165) is 4.88 Å². The van der Waals surface area contributed by atoms with Crippen LogP contribution in [0.5, 0.6) is 0 Å². The van der Waals surface area contributed by atoms with E-state index in [9.17, 15) is 5.11 Å². The summed E-state index contributed by atoms with van der Waals surface area (Å²) < 4.78 is 0. The van der Waals surface area contributed by atoms with Crippen LogP contribution < -0.4 is 0 Å². The van der Waals surface area contributed by atoms with Gasteiger partial charge < -0.3 is 5.11 Å². The van der Waals surface area contributed by atoms with Gasteiger partial charge in [-0.15, -0.1) is 11.3 Å². The zero-order valence-electron chi connectivity index (χ0n) is 8.70. The lowest BCUT2D eigenvalue weighted by Gasteiger charge is -2.34. The molecule has 1 heterocycles. The van der Waals surface area contributed by atoms with Gasteiger partial charge in [0.2, 0.25) is 0 Å². The minimum Gasteiger partial charge on any atom is -0.384 e. The molecule has 0 saturated heterocycles. The van der Waals surface area contributed by atoms with Crippen molar-refractivity contribution < 1.29 is 5.11 Å². The first-order chi connectivity index (χ1) is 6.71. The second-order valence-corrected chi connectivity index (χ2v) is 5.41. The average molecular weight is 210 g/mol. The van der Waals surface area contributed by atoms with E-state index >= 15 is 0 Å². The van der Waals surface area contributed by atoms with Gasteiger partial charge in [0.05, 0.1) is 5.60 Å². The van der Waals surface area contributed by atoms with Gasteiger partial charge in [-0.25, -0.2) is 0 Å². The second kappa shape index (κ2) is 4.03. The number of aliphatic hydroxyl groups is 1. The van der Waals surface area contributed by atoms with Crippen LogP contribution in [-0.4, -0.2) is 5.11 Å². The van der Waals surface area contributed by atoms with Gasteiger partial charge in [0.15, 0.2) is 0 Å². The quantitative estimate of drug-likeness (QED) is 0.791. The highest BCUT2D eigenvalue weighted by Crippen LogP contribution is 2.40. The fourth-order valence-corrected chi connectivity index (χ4v) is 3.30. The van der Waals surface area contributed by atoms with Crippen molar-refractivity contribution in [3.8, 4) is 0 Å². The standard InChI is InChI=1S/C12H18OS/c1-12(13,11-8-5-9-14-11)10-6-3-2-4-7-10/h5,8-10,13H,2-4,6-7H2,1H3. The summed E-state index contributed by atoms with van der Waals surface area (Å²) in [6.07, 6.45) is 6.28. The van der Waals surface area contributed by atoms with E-state index in [2.05, 4.69) is 6.07 Å². The van der Waals surface area contributed by atoms with E-state index in [4.69, 9.17) is 0 Å². The molecule has 1 aromatic heterocycles. The topological polar surface area (TPSA) is 20.2 Å². The third kappa shape index (κ3) is 1.86. The van der Waals surface area contributed by atoms with E-state index in [1.54, 1.807) is 11.3 Å². The smallest absolute Gasteiger partial charge is 0.0987 e. The Bertz CT molecular complexity index is 271. The first-order valence-corrected chi connectivity index (χ1v) is 6.35. The van der Waals surface area contributed by atoms with Gasteiger partial charge in [0, 0.05) is 4.88 Å². The Morgan fingerprint density at radius 3 is 2.64 bits per heavy atom.